The van der Waals surface area contributed by atoms with Gasteiger partial charge in [-0.1, -0.05) is 97.1 Å². The van der Waals surface area contributed by atoms with E-state index < -0.39 is 10.1 Å². The van der Waals surface area contributed by atoms with E-state index in [0.29, 0.717) is 6.42 Å². The molecule has 0 spiro atoms. The Morgan fingerprint density at radius 3 is 1.40 bits per heavy atom. The second kappa shape index (κ2) is 19.1. The molecule has 0 amide bonds. The monoisotopic (exact) mass is 444 g/mol. The molecule has 0 saturated carbocycles. The molecule has 0 aliphatic rings. The Balaban J connectivity index is 3.89. The zero-order chi connectivity index (χ0) is 22.6. The maximum atomic E-state index is 11.0. The van der Waals surface area contributed by atoms with Gasteiger partial charge in [0.25, 0.3) is 10.1 Å². The van der Waals surface area contributed by atoms with Crippen molar-refractivity contribution in [3.05, 3.63) is 25.3 Å². The van der Waals surface area contributed by atoms with Gasteiger partial charge in [-0.2, -0.15) is 8.42 Å². The molecule has 0 bridgehead atoms. The van der Waals surface area contributed by atoms with Gasteiger partial charge in [-0.3, -0.25) is 4.55 Å². The summed E-state index contributed by atoms with van der Waals surface area (Å²) < 4.78 is 31.9. The van der Waals surface area contributed by atoms with E-state index in [1.165, 1.54) is 83.5 Å². The Bertz CT molecular complexity index is 506. The highest BCUT2D eigenvalue weighted by Crippen LogP contribution is 2.16. The molecule has 0 saturated heterocycles. The summed E-state index contributed by atoms with van der Waals surface area (Å²) in [5, 5.41) is 0. The van der Waals surface area contributed by atoms with Gasteiger partial charge in [0.05, 0.1) is 31.9 Å². The lowest BCUT2D eigenvalue weighted by molar-refractivity contribution is -0.917. The molecule has 0 atom stereocenters. The zero-order valence-corrected chi connectivity index (χ0v) is 20.6. The molecule has 0 aromatic carbocycles. The average molecular weight is 445 g/mol. The molecule has 0 rings (SSSR count). The van der Waals surface area contributed by atoms with E-state index in [2.05, 4.69) is 20.1 Å². The first-order valence-corrected chi connectivity index (χ1v) is 14.0. The summed E-state index contributed by atoms with van der Waals surface area (Å²) in [5.41, 5.74) is 0. The third kappa shape index (κ3) is 18.1. The topological polar surface area (TPSA) is 54.4 Å². The molecule has 178 valence electrons. The number of rotatable bonds is 23. The largest absolute Gasteiger partial charge is 0.317 e. The summed E-state index contributed by atoms with van der Waals surface area (Å²) in [4.78, 5) is 0. The molecule has 0 aromatic heterocycles. The minimum absolute atomic E-state index is 0.167. The molecule has 1 N–H and O–H groups in total. The van der Waals surface area contributed by atoms with Crippen molar-refractivity contribution in [3.8, 4) is 0 Å². The molecule has 0 aromatic rings. The Morgan fingerprint density at radius 2 is 1.03 bits per heavy atom. The minimum atomic E-state index is -3.89. The smallest absolute Gasteiger partial charge is 0.265 e. The van der Waals surface area contributed by atoms with Crippen LogP contribution in [-0.2, 0) is 10.1 Å². The van der Waals surface area contributed by atoms with Crippen molar-refractivity contribution in [2.75, 3.05) is 31.9 Å². The molecular weight excluding hydrogens is 394 g/mol. The lowest BCUT2D eigenvalue weighted by atomic mass is 10.0. The van der Waals surface area contributed by atoms with Crippen LogP contribution >= 0.6 is 0 Å². The second-order valence-corrected chi connectivity index (χ2v) is 10.5. The van der Waals surface area contributed by atoms with Crippen molar-refractivity contribution in [3.63, 3.8) is 0 Å². The SMILES string of the molecule is C=CC[N+](CC=C)(CCCCCCCCCCCCCCCC)CCCS(=O)(=O)O. The Kier molecular flexibility index (Phi) is 18.7. The van der Waals surface area contributed by atoms with Gasteiger partial charge in [-0.25, -0.2) is 0 Å². The third-order valence-electron chi connectivity index (χ3n) is 6.05. The van der Waals surface area contributed by atoms with Crippen LogP contribution in [0.2, 0.25) is 0 Å². The number of quaternary nitrogens is 1. The van der Waals surface area contributed by atoms with Crippen molar-refractivity contribution >= 4 is 10.1 Å². The number of unbranched alkanes of at least 4 members (excludes halogenated alkanes) is 13. The summed E-state index contributed by atoms with van der Waals surface area (Å²) >= 11 is 0. The van der Waals surface area contributed by atoms with Gasteiger partial charge in [0.2, 0.25) is 0 Å². The van der Waals surface area contributed by atoms with Crippen LogP contribution in [0.1, 0.15) is 103 Å². The van der Waals surface area contributed by atoms with Gasteiger partial charge in [0.1, 0.15) is 0 Å². The molecule has 0 aliphatic heterocycles. The van der Waals surface area contributed by atoms with Crippen LogP contribution in [0, 0.1) is 0 Å². The van der Waals surface area contributed by atoms with Crippen molar-refractivity contribution in [2.24, 2.45) is 0 Å². The highest BCUT2D eigenvalue weighted by molar-refractivity contribution is 7.85. The first-order valence-electron chi connectivity index (χ1n) is 12.4. The van der Waals surface area contributed by atoms with Gasteiger partial charge in [-0.05, 0) is 25.0 Å². The van der Waals surface area contributed by atoms with Crippen molar-refractivity contribution < 1.29 is 17.5 Å². The van der Waals surface area contributed by atoms with E-state index in [9.17, 15) is 8.42 Å². The van der Waals surface area contributed by atoms with Crippen LogP contribution in [0.3, 0.4) is 0 Å². The normalized spacial score (nSPS) is 12.2. The predicted octanol–water partition coefficient (Wildman–Crippen LogP) is 6.93. The average Bonchev–Trinajstić information content (AvgIpc) is 2.67. The minimum Gasteiger partial charge on any atom is -0.317 e. The van der Waals surface area contributed by atoms with E-state index in [0.717, 1.165) is 37.1 Å². The Labute approximate surface area is 188 Å². The summed E-state index contributed by atoms with van der Waals surface area (Å²) in [7, 11) is -3.89. The molecule has 0 heterocycles. The number of hydrogen-bond donors (Lipinski definition) is 1. The fraction of sp³-hybridized carbons (Fsp3) is 0.840. The van der Waals surface area contributed by atoms with Gasteiger partial charge in [0.15, 0.2) is 0 Å². The van der Waals surface area contributed by atoms with Crippen LogP contribution in [0.5, 0.6) is 0 Å². The molecule has 0 fully saturated rings. The van der Waals surface area contributed by atoms with E-state index in [1.54, 1.807) is 0 Å². The molecule has 0 radical (unpaired) electrons. The Hall–Kier alpha value is -0.650. The van der Waals surface area contributed by atoms with Crippen molar-refractivity contribution in [2.45, 2.75) is 103 Å². The van der Waals surface area contributed by atoms with E-state index in [4.69, 9.17) is 4.55 Å². The van der Waals surface area contributed by atoms with Gasteiger partial charge >= 0.3 is 0 Å². The highest BCUT2D eigenvalue weighted by Gasteiger charge is 2.24. The Morgan fingerprint density at radius 1 is 0.667 bits per heavy atom. The van der Waals surface area contributed by atoms with Crippen molar-refractivity contribution in [1.29, 1.82) is 0 Å². The first kappa shape index (κ1) is 29.4. The number of nitrogens with zero attached hydrogens (tertiary/aromatic N) is 1. The van der Waals surface area contributed by atoms with Gasteiger partial charge in [-0.15, -0.1) is 0 Å². The lowest BCUT2D eigenvalue weighted by Crippen LogP contribution is -2.50. The van der Waals surface area contributed by atoms with Crippen LogP contribution in [0.25, 0.3) is 0 Å². The maximum absolute atomic E-state index is 11.0. The fourth-order valence-electron chi connectivity index (χ4n) is 4.32. The standard InChI is InChI=1S/C25H49NO3S/c1-4-7-8-9-10-11-12-13-14-15-16-17-18-19-23-26(21-5-2,22-6-3)24-20-25-30(27,28)29/h5-6H,2-4,7-25H2,1H3/p+1. The second-order valence-electron chi connectivity index (χ2n) is 8.97. The van der Waals surface area contributed by atoms with Gasteiger partial charge in [0, 0.05) is 6.42 Å². The molecule has 0 unspecified atom stereocenters. The fourth-order valence-corrected chi connectivity index (χ4v) is 4.82. The summed E-state index contributed by atoms with van der Waals surface area (Å²) in [5.74, 6) is -0.167. The van der Waals surface area contributed by atoms with Gasteiger partial charge < -0.3 is 4.48 Å². The van der Waals surface area contributed by atoms with E-state index >= 15 is 0 Å². The zero-order valence-electron chi connectivity index (χ0n) is 19.8. The molecular formula is C25H50NO3S+. The molecule has 0 aliphatic carbocycles. The molecule has 4 nitrogen and oxygen atoms in total. The third-order valence-corrected chi connectivity index (χ3v) is 6.86. The first-order chi connectivity index (χ1) is 14.4. The summed E-state index contributed by atoms with van der Waals surface area (Å²) in [6.07, 6.45) is 23.2. The highest BCUT2D eigenvalue weighted by atomic mass is 32.2. The number of hydrogen-bond acceptors (Lipinski definition) is 2. The quantitative estimate of drug-likeness (QED) is 0.0804. The molecule has 30 heavy (non-hydrogen) atoms. The predicted molar refractivity (Wildman–Crippen MR) is 131 cm³/mol. The van der Waals surface area contributed by atoms with E-state index in [-0.39, 0.29) is 5.75 Å². The van der Waals surface area contributed by atoms with Crippen molar-refractivity contribution in [1.82, 2.24) is 0 Å². The lowest BCUT2D eigenvalue weighted by Gasteiger charge is -2.37. The maximum Gasteiger partial charge on any atom is 0.265 e. The van der Waals surface area contributed by atoms with Crippen LogP contribution in [0.4, 0.5) is 0 Å². The van der Waals surface area contributed by atoms with Crippen LogP contribution in [-0.4, -0.2) is 49.4 Å². The summed E-state index contributed by atoms with van der Waals surface area (Å²) in [6.45, 7) is 13.4. The van der Waals surface area contributed by atoms with Crippen LogP contribution < -0.4 is 0 Å². The molecule has 5 heteroatoms. The van der Waals surface area contributed by atoms with Crippen LogP contribution in [0.15, 0.2) is 25.3 Å². The summed E-state index contributed by atoms with van der Waals surface area (Å²) in [6, 6.07) is 0. The van der Waals surface area contributed by atoms with E-state index in [1.807, 2.05) is 12.2 Å².